The summed E-state index contributed by atoms with van der Waals surface area (Å²) in [7, 11) is 0. The van der Waals surface area contributed by atoms with Crippen LogP contribution in [0.1, 0.15) is 27.4 Å². The molecule has 0 aliphatic heterocycles. The van der Waals surface area contributed by atoms with Crippen LogP contribution in [-0.2, 0) is 4.74 Å². The Balaban J connectivity index is 1.34. The van der Waals surface area contributed by atoms with Crippen molar-refractivity contribution < 1.29 is 19.4 Å². The van der Waals surface area contributed by atoms with Crippen molar-refractivity contribution in [3.63, 3.8) is 0 Å². The molecular formula is C25H18N2O4. The average Bonchev–Trinajstić information content (AvgIpc) is 3.11. The van der Waals surface area contributed by atoms with E-state index >= 15 is 0 Å². The monoisotopic (exact) mass is 410 g/mol. The van der Waals surface area contributed by atoms with Gasteiger partial charge in [0.15, 0.2) is 0 Å². The van der Waals surface area contributed by atoms with E-state index in [0.717, 1.165) is 22.3 Å². The lowest BCUT2D eigenvalue weighted by Gasteiger charge is -2.15. The lowest BCUT2D eigenvalue weighted by Crippen LogP contribution is -2.18. The van der Waals surface area contributed by atoms with Crippen LogP contribution in [0.4, 0.5) is 10.5 Å². The van der Waals surface area contributed by atoms with E-state index in [4.69, 9.17) is 4.74 Å². The molecule has 1 heterocycles. The molecule has 0 spiro atoms. The average molecular weight is 410 g/mol. The first-order valence-electron chi connectivity index (χ1n) is 9.86. The number of carbonyl (C=O) groups is 2. The number of amides is 1. The number of aromatic carboxylic acids is 1. The minimum Gasteiger partial charge on any atom is -0.478 e. The number of pyridine rings is 1. The zero-order valence-corrected chi connectivity index (χ0v) is 16.4. The molecule has 152 valence electrons. The molecular weight excluding hydrogens is 392 g/mol. The van der Waals surface area contributed by atoms with Crippen LogP contribution in [0, 0.1) is 0 Å². The molecule has 1 aromatic heterocycles. The fourth-order valence-electron chi connectivity index (χ4n) is 4.16. The molecule has 0 radical (unpaired) electrons. The Hall–Kier alpha value is -4.19. The third-order valence-electron chi connectivity index (χ3n) is 5.56. The summed E-state index contributed by atoms with van der Waals surface area (Å²) in [5, 5.41) is 12.5. The van der Waals surface area contributed by atoms with Gasteiger partial charge in [-0.2, -0.15) is 0 Å². The number of carboxylic acid groups (broad SMARTS) is 1. The van der Waals surface area contributed by atoms with E-state index in [1.165, 1.54) is 12.3 Å². The largest absolute Gasteiger partial charge is 0.478 e. The van der Waals surface area contributed by atoms with Crippen LogP contribution in [0.3, 0.4) is 0 Å². The topological polar surface area (TPSA) is 88.5 Å². The van der Waals surface area contributed by atoms with Gasteiger partial charge in [-0.15, -0.1) is 0 Å². The van der Waals surface area contributed by atoms with Gasteiger partial charge >= 0.3 is 12.1 Å². The van der Waals surface area contributed by atoms with Gasteiger partial charge in [0, 0.05) is 23.2 Å². The van der Waals surface area contributed by atoms with Crippen LogP contribution in [0.15, 0.2) is 79.0 Å². The first-order chi connectivity index (χ1) is 15.1. The third kappa shape index (κ3) is 3.38. The first-order valence-corrected chi connectivity index (χ1v) is 9.86. The highest BCUT2D eigenvalue weighted by Gasteiger charge is 2.29. The highest BCUT2D eigenvalue weighted by atomic mass is 16.5. The number of fused-ring (bicyclic) bond motifs is 4. The fraction of sp³-hybridized carbons (Fsp3) is 0.0800. The van der Waals surface area contributed by atoms with Crippen molar-refractivity contribution in [2.75, 3.05) is 11.9 Å². The number of hydrogen-bond donors (Lipinski definition) is 2. The van der Waals surface area contributed by atoms with Crippen LogP contribution in [0.2, 0.25) is 0 Å². The Kier molecular flexibility index (Phi) is 4.59. The number of hydrogen-bond acceptors (Lipinski definition) is 4. The summed E-state index contributed by atoms with van der Waals surface area (Å²) in [6.07, 6.45) is 0.853. The fourth-order valence-corrected chi connectivity index (χ4v) is 4.16. The quantitative estimate of drug-likeness (QED) is 0.477. The third-order valence-corrected chi connectivity index (χ3v) is 5.56. The van der Waals surface area contributed by atoms with Gasteiger partial charge in [-0.05, 0) is 46.5 Å². The van der Waals surface area contributed by atoms with Crippen molar-refractivity contribution in [1.29, 1.82) is 0 Å². The molecule has 1 aliphatic rings. The SMILES string of the molecule is O=C(Nc1ccc2nccc(C(=O)O)c2c1)OCC1c2ccccc2-c2ccccc21. The molecule has 1 aliphatic carbocycles. The first kappa shape index (κ1) is 18.8. The highest BCUT2D eigenvalue weighted by Crippen LogP contribution is 2.44. The van der Waals surface area contributed by atoms with Crippen LogP contribution >= 0.6 is 0 Å². The number of aromatic nitrogens is 1. The normalized spacial score (nSPS) is 12.3. The van der Waals surface area contributed by atoms with Crippen molar-refractivity contribution >= 4 is 28.7 Å². The summed E-state index contributed by atoms with van der Waals surface area (Å²) in [5.41, 5.74) is 5.71. The molecule has 3 aromatic carbocycles. The maximum Gasteiger partial charge on any atom is 0.411 e. The van der Waals surface area contributed by atoms with Crippen molar-refractivity contribution in [3.8, 4) is 11.1 Å². The number of carbonyl (C=O) groups excluding carboxylic acids is 1. The second-order valence-corrected chi connectivity index (χ2v) is 7.35. The van der Waals surface area contributed by atoms with Gasteiger partial charge in [-0.25, -0.2) is 9.59 Å². The molecule has 31 heavy (non-hydrogen) atoms. The lowest BCUT2D eigenvalue weighted by molar-refractivity contribution is 0.0699. The summed E-state index contributed by atoms with van der Waals surface area (Å²) in [4.78, 5) is 28.1. The molecule has 6 nitrogen and oxygen atoms in total. The number of anilines is 1. The molecule has 0 fully saturated rings. The summed E-state index contributed by atoms with van der Waals surface area (Å²) >= 11 is 0. The second kappa shape index (κ2) is 7.57. The Labute approximate surface area is 178 Å². The minimum absolute atomic E-state index is 0.0300. The smallest absolute Gasteiger partial charge is 0.411 e. The van der Waals surface area contributed by atoms with Crippen LogP contribution in [-0.4, -0.2) is 28.8 Å². The standard InChI is InChI=1S/C25H18N2O4/c28-24(29)20-11-12-26-23-10-9-15(13-21(20)23)27-25(30)31-14-22-18-7-3-1-5-16(18)17-6-2-4-8-19(17)22/h1-13,22H,14H2,(H,27,30)(H,28,29). The Morgan fingerprint density at radius 2 is 1.61 bits per heavy atom. The van der Waals surface area contributed by atoms with Crippen LogP contribution < -0.4 is 5.32 Å². The van der Waals surface area contributed by atoms with E-state index in [-0.39, 0.29) is 18.1 Å². The van der Waals surface area contributed by atoms with E-state index in [9.17, 15) is 14.7 Å². The van der Waals surface area contributed by atoms with Crippen molar-refractivity contribution in [2.45, 2.75) is 5.92 Å². The Morgan fingerprint density at radius 1 is 0.935 bits per heavy atom. The molecule has 5 rings (SSSR count). The predicted molar refractivity (Wildman–Crippen MR) is 117 cm³/mol. The zero-order valence-electron chi connectivity index (χ0n) is 16.4. The summed E-state index contributed by atoms with van der Waals surface area (Å²) in [6.45, 7) is 0.204. The maximum absolute atomic E-state index is 12.5. The Bertz CT molecular complexity index is 1290. The van der Waals surface area contributed by atoms with Crippen molar-refractivity contribution in [1.82, 2.24) is 4.98 Å². The van der Waals surface area contributed by atoms with E-state index in [1.54, 1.807) is 18.2 Å². The zero-order chi connectivity index (χ0) is 21.4. The molecule has 0 saturated carbocycles. The number of rotatable bonds is 4. The van der Waals surface area contributed by atoms with E-state index < -0.39 is 12.1 Å². The van der Waals surface area contributed by atoms with Gasteiger partial charge in [-0.1, -0.05) is 48.5 Å². The van der Waals surface area contributed by atoms with Crippen LogP contribution in [0.5, 0.6) is 0 Å². The molecule has 0 bridgehead atoms. The van der Waals surface area contributed by atoms with Gasteiger partial charge in [0.1, 0.15) is 6.61 Å². The predicted octanol–water partition coefficient (Wildman–Crippen LogP) is 5.29. The Morgan fingerprint density at radius 3 is 2.29 bits per heavy atom. The van der Waals surface area contributed by atoms with Gasteiger partial charge in [0.05, 0.1) is 11.1 Å². The molecule has 1 amide bonds. The summed E-state index contributed by atoms with van der Waals surface area (Å²) < 4.78 is 5.55. The number of nitrogens with zero attached hydrogens (tertiary/aromatic N) is 1. The van der Waals surface area contributed by atoms with Gasteiger partial charge in [-0.3, -0.25) is 10.3 Å². The summed E-state index contributed by atoms with van der Waals surface area (Å²) in [5.74, 6) is -1.08. The molecule has 0 saturated heterocycles. The van der Waals surface area contributed by atoms with Crippen molar-refractivity contribution in [2.24, 2.45) is 0 Å². The second-order valence-electron chi connectivity index (χ2n) is 7.35. The summed E-state index contributed by atoms with van der Waals surface area (Å²) in [6, 6.07) is 22.6. The number of nitrogens with one attached hydrogen (secondary N) is 1. The maximum atomic E-state index is 12.5. The lowest BCUT2D eigenvalue weighted by atomic mass is 9.98. The molecule has 6 heteroatoms. The van der Waals surface area contributed by atoms with E-state index in [2.05, 4.69) is 34.6 Å². The number of benzene rings is 3. The molecule has 0 unspecified atom stereocenters. The molecule has 0 atom stereocenters. The number of carboxylic acids is 1. The van der Waals surface area contributed by atoms with E-state index in [1.807, 2.05) is 24.3 Å². The van der Waals surface area contributed by atoms with Gasteiger partial charge in [0.25, 0.3) is 0 Å². The molecule has 2 N–H and O–H groups in total. The number of ether oxygens (including phenoxy) is 1. The highest BCUT2D eigenvalue weighted by molar-refractivity contribution is 6.03. The van der Waals surface area contributed by atoms with Crippen molar-refractivity contribution in [3.05, 3.63) is 95.7 Å². The van der Waals surface area contributed by atoms with Gasteiger partial charge in [0.2, 0.25) is 0 Å². The van der Waals surface area contributed by atoms with E-state index in [0.29, 0.717) is 16.6 Å². The van der Waals surface area contributed by atoms with Gasteiger partial charge < -0.3 is 9.84 Å². The minimum atomic E-state index is -1.05. The van der Waals surface area contributed by atoms with Crippen LogP contribution in [0.25, 0.3) is 22.0 Å². The molecule has 4 aromatic rings.